The molecule has 0 heterocycles. The lowest BCUT2D eigenvalue weighted by Crippen LogP contribution is -2.36. The van der Waals surface area contributed by atoms with Gasteiger partial charge in [0, 0.05) is 38.7 Å². The summed E-state index contributed by atoms with van der Waals surface area (Å²) in [5.74, 6) is -0.260. The van der Waals surface area contributed by atoms with Crippen molar-refractivity contribution in [2.24, 2.45) is 5.92 Å². The Kier molecular flexibility index (Phi) is 11.4. The van der Waals surface area contributed by atoms with Gasteiger partial charge in [-0.1, -0.05) is 26.0 Å². The molecule has 6 nitrogen and oxygen atoms in total. The van der Waals surface area contributed by atoms with Gasteiger partial charge < -0.3 is 25.0 Å². The standard InChI is InChI=1S/C22H34F3N3O3/c1-6-17(9-10-26-3)13-28(4)14-19-16(2)7-8-18(21(29)27-11-12-30-5)20(19)31-15-22(23,24)25/h7-8,14,17,26H,2,6,9-13,15H2,1,3-5H3,(H,27,29)/b19-14+. The molecule has 1 aromatic carbocycles. The predicted molar refractivity (Wildman–Crippen MR) is 116 cm³/mol. The van der Waals surface area contributed by atoms with E-state index in [9.17, 15) is 18.0 Å². The lowest BCUT2D eigenvalue weighted by atomic mass is 10.0. The van der Waals surface area contributed by atoms with E-state index in [1.54, 1.807) is 12.3 Å². The first-order chi connectivity index (χ1) is 14.6. The summed E-state index contributed by atoms with van der Waals surface area (Å²) in [7, 11) is 5.23. The van der Waals surface area contributed by atoms with Crippen molar-refractivity contribution in [3.63, 3.8) is 0 Å². The van der Waals surface area contributed by atoms with E-state index in [1.165, 1.54) is 13.2 Å². The molecule has 0 aliphatic rings. The van der Waals surface area contributed by atoms with Gasteiger partial charge in [0.25, 0.3) is 5.91 Å². The summed E-state index contributed by atoms with van der Waals surface area (Å²) in [6.07, 6.45) is -0.898. The molecule has 31 heavy (non-hydrogen) atoms. The van der Waals surface area contributed by atoms with Gasteiger partial charge in [-0.3, -0.25) is 4.79 Å². The number of amides is 1. The maximum absolute atomic E-state index is 12.9. The normalized spacial score (nSPS) is 13.2. The van der Waals surface area contributed by atoms with Crippen molar-refractivity contribution in [1.82, 2.24) is 15.5 Å². The molecule has 0 spiro atoms. The van der Waals surface area contributed by atoms with Gasteiger partial charge in [0.15, 0.2) is 6.61 Å². The monoisotopic (exact) mass is 445 g/mol. The second-order valence-corrected chi connectivity index (χ2v) is 7.40. The predicted octanol–water partition coefficient (Wildman–Crippen LogP) is 1.72. The van der Waals surface area contributed by atoms with Gasteiger partial charge in [-0.25, -0.2) is 0 Å². The molecule has 0 fully saturated rings. The highest BCUT2D eigenvalue weighted by Crippen LogP contribution is 2.19. The Bertz CT molecular complexity index is 800. The number of carbonyl (C=O) groups excluding carboxylic acids is 1. The van der Waals surface area contributed by atoms with Crippen molar-refractivity contribution in [2.75, 3.05) is 54.1 Å². The zero-order valence-electron chi connectivity index (χ0n) is 18.8. The number of nitrogens with zero attached hydrogens (tertiary/aromatic N) is 1. The number of hydrogen-bond donors (Lipinski definition) is 2. The van der Waals surface area contributed by atoms with Crippen LogP contribution < -0.4 is 25.8 Å². The molecule has 0 aliphatic carbocycles. The summed E-state index contributed by atoms with van der Waals surface area (Å²) >= 11 is 0. The van der Waals surface area contributed by atoms with Crippen molar-refractivity contribution in [3.05, 3.63) is 28.1 Å². The van der Waals surface area contributed by atoms with Gasteiger partial charge in [-0.2, -0.15) is 13.2 Å². The first-order valence-corrected chi connectivity index (χ1v) is 10.3. The summed E-state index contributed by atoms with van der Waals surface area (Å²) < 4.78 is 48.6. The number of hydrogen-bond acceptors (Lipinski definition) is 5. The van der Waals surface area contributed by atoms with Crippen LogP contribution in [0.5, 0.6) is 5.75 Å². The van der Waals surface area contributed by atoms with E-state index in [0.29, 0.717) is 22.9 Å². The van der Waals surface area contributed by atoms with Crippen LogP contribution in [-0.4, -0.2) is 71.0 Å². The Labute approximate surface area is 182 Å². The summed E-state index contributed by atoms with van der Waals surface area (Å²) in [6.45, 7) is 6.62. The molecular formula is C22H34F3N3O3. The summed E-state index contributed by atoms with van der Waals surface area (Å²) in [5, 5.41) is 6.58. The zero-order valence-corrected chi connectivity index (χ0v) is 18.8. The van der Waals surface area contributed by atoms with E-state index in [4.69, 9.17) is 9.47 Å². The van der Waals surface area contributed by atoms with Crippen molar-refractivity contribution in [1.29, 1.82) is 0 Å². The second-order valence-electron chi connectivity index (χ2n) is 7.40. The number of benzene rings is 1. The molecule has 2 N–H and O–H groups in total. The van der Waals surface area contributed by atoms with E-state index in [-0.39, 0.29) is 24.5 Å². The summed E-state index contributed by atoms with van der Waals surface area (Å²) in [4.78, 5) is 14.5. The number of halogens is 3. The van der Waals surface area contributed by atoms with Crippen molar-refractivity contribution < 1.29 is 27.4 Å². The minimum atomic E-state index is -4.54. The SMILES string of the molecule is C=c1ccc(C(=O)NCCOC)c(OCC(F)(F)F)/c1=C/N(C)CC(CC)CCNC. The Hall–Kier alpha value is -2.26. The van der Waals surface area contributed by atoms with Gasteiger partial charge >= 0.3 is 6.18 Å². The minimum absolute atomic E-state index is 0.0228. The van der Waals surface area contributed by atoms with Gasteiger partial charge in [0.1, 0.15) is 5.75 Å². The van der Waals surface area contributed by atoms with Crippen molar-refractivity contribution >= 4 is 18.7 Å². The van der Waals surface area contributed by atoms with Gasteiger partial charge in [-0.15, -0.1) is 0 Å². The Morgan fingerprint density at radius 2 is 2.03 bits per heavy atom. The van der Waals surface area contributed by atoms with Crippen LogP contribution in [0.25, 0.3) is 12.8 Å². The van der Waals surface area contributed by atoms with Crippen LogP contribution in [0.2, 0.25) is 0 Å². The number of ether oxygens (including phenoxy) is 2. The zero-order chi connectivity index (χ0) is 23.4. The fourth-order valence-corrected chi connectivity index (χ4v) is 3.09. The minimum Gasteiger partial charge on any atom is -0.483 e. The fourth-order valence-electron chi connectivity index (χ4n) is 3.09. The molecule has 9 heteroatoms. The quantitative estimate of drug-likeness (QED) is 0.453. The lowest BCUT2D eigenvalue weighted by molar-refractivity contribution is -0.153. The molecule has 0 aliphatic heterocycles. The van der Waals surface area contributed by atoms with E-state index in [0.717, 1.165) is 19.4 Å². The summed E-state index contributed by atoms with van der Waals surface area (Å²) in [5.41, 5.74) is 0.0228. The maximum atomic E-state index is 12.9. The smallest absolute Gasteiger partial charge is 0.422 e. The fraction of sp³-hybridized carbons (Fsp3) is 0.591. The van der Waals surface area contributed by atoms with Crippen LogP contribution in [0.3, 0.4) is 0 Å². The molecule has 1 atom stereocenters. The first kappa shape index (κ1) is 26.8. The molecular weight excluding hydrogens is 411 g/mol. The van der Waals surface area contributed by atoms with Crippen molar-refractivity contribution in [3.8, 4) is 5.75 Å². The molecule has 0 aromatic heterocycles. The number of nitrogens with one attached hydrogen (secondary N) is 2. The van der Waals surface area contributed by atoms with Crippen LogP contribution in [-0.2, 0) is 4.74 Å². The largest absolute Gasteiger partial charge is 0.483 e. The topological polar surface area (TPSA) is 62.8 Å². The van der Waals surface area contributed by atoms with E-state index < -0.39 is 18.7 Å². The highest BCUT2D eigenvalue weighted by atomic mass is 19.4. The van der Waals surface area contributed by atoms with E-state index in [1.807, 2.05) is 19.0 Å². The third-order valence-corrected chi connectivity index (χ3v) is 4.78. The molecule has 0 radical (unpaired) electrons. The van der Waals surface area contributed by atoms with E-state index in [2.05, 4.69) is 24.1 Å². The van der Waals surface area contributed by atoms with Crippen LogP contribution in [0.1, 0.15) is 30.1 Å². The van der Waals surface area contributed by atoms with Gasteiger partial charge in [0.2, 0.25) is 0 Å². The number of alkyl halides is 3. The summed E-state index contributed by atoms with van der Waals surface area (Å²) in [6, 6.07) is 3.03. The average molecular weight is 446 g/mol. The number of rotatable bonds is 13. The Balaban J connectivity index is 3.31. The molecule has 176 valence electrons. The molecule has 0 bridgehead atoms. The molecule has 0 saturated carbocycles. The van der Waals surface area contributed by atoms with Gasteiger partial charge in [0.05, 0.1) is 12.2 Å². The Morgan fingerprint density at radius 1 is 1.32 bits per heavy atom. The lowest BCUT2D eigenvalue weighted by Gasteiger charge is -2.22. The third-order valence-electron chi connectivity index (χ3n) is 4.78. The van der Waals surface area contributed by atoms with Crippen molar-refractivity contribution in [2.45, 2.75) is 25.9 Å². The molecule has 1 unspecified atom stereocenters. The first-order valence-electron chi connectivity index (χ1n) is 10.3. The van der Waals surface area contributed by atoms with Crippen LogP contribution in [0, 0.1) is 5.92 Å². The maximum Gasteiger partial charge on any atom is 0.422 e. The van der Waals surface area contributed by atoms with Crippen LogP contribution >= 0.6 is 0 Å². The average Bonchev–Trinajstić information content (AvgIpc) is 2.70. The molecule has 1 aromatic rings. The third kappa shape index (κ3) is 9.61. The highest BCUT2D eigenvalue weighted by molar-refractivity contribution is 5.97. The van der Waals surface area contributed by atoms with Crippen LogP contribution in [0.15, 0.2) is 12.1 Å². The van der Waals surface area contributed by atoms with E-state index >= 15 is 0 Å². The second kappa shape index (κ2) is 13.2. The Morgan fingerprint density at radius 3 is 2.61 bits per heavy atom. The van der Waals surface area contributed by atoms with Gasteiger partial charge in [-0.05, 0) is 37.2 Å². The highest BCUT2D eigenvalue weighted by Gasteiger charge is 2.29. The molecule has 1 rings (SSSR count). The number of methoxy groups -OCH3 is 1. The number of carbonyl (C=O) groups is 1. The molecule has 1 amide bonds. The molecule has 0 saturated heterocycles. The van der Waals surface area contributed by atoms with Crippen LogP contribution in [0.4, 0.5) is 13.2 Å².